The lowest BCUT2D eigenvalue weighted by molar-refractivity contribution is -0.116. The van der Waals surface area contributed by atoms with Crippen molar-refractivity contribution >= 4 is 29.2 Å². The summed E-state index contributed by atoms with van der Waals surface area (Å²) < 4.78 is 7.60. The number of anilines is 2. The van der Waals surface area contributed by atoms with Gasteiger partial charge in [0, 0.05) is 30.9 Å². The van der Waals surface area contributed by atoms with Gasteiger partial charge in [0.15, 0.2) is 0 Å². The van der Waals surface area contributed by atoms with Crippen LogP contribution in [0.3, 0.4) is 0 Å². The first-order valence-corrected chi connectivity index (χ1v) is 12.6. The van der Waals surface area contributed by atoms with Crippen LogP contribution in [-0.2, 0) is 11.3 Å². The van der Waals surface area contributed by atoms with E-state index in [0.29, 0.717) is 23.7 Å². The molecular formula is C26H32N8O5. The third-order valence-electron chi connectivity index (χ3n) is 6.47. The smallest absolute Gasteiger partial charge is 0.321 e. The molecule has 0 fully saturated rings. The highest BCUT2D eigenvalue weighted by molar-refractivity contribution is 6.00. The molecule has 3 aromatic rings. The average Bonchev–Trinajstić information content (AvgIpc) is 3.43. The molecule has 4 amide bonds. The Bertz CT molecular complexity index is 1290. The molecule has 0 radical (unpaired) electrons. The van der Waals surface area contributed by atoms with Gasteiger partial charge in [0.1, 0.15) is 24.7 Å². The molecule has 0 saturated carbocycles. The van der Waals surface area contributed by atoms with Gasteiger partial charge in [0.05, 0.1) is 24.8 Å². The summed E-state index contributed by atoms with van der Waals surface area (Å²) in [6.45, 7) is 3.93. The van der Waals surface area contributed by atoms with E-state index in [9.17, 15) is 19.5 Å². The molecule has 2 heterocycles. The summed E-state index contributed by atoms with van der Waals surface area (Å²) in [7, 11) is 1.68. The SMILES string of the molecule is C[C@@H]1CN([C@@H](C)CO)C(=O)c2cc(NC(=O)Cn3cnnn3)ccc2O[C@@H]1CN(C)C(=O)Nc1ccccc1. The summed E-state index contributed by atoms with van der Waals surface area (Å²) >= 11 is 0. The largest absolute Gasteiger partial charge is 0.487 e. The maximum Gasteiger partial charge on any atom is 0.321 e. The predicted octanol–water partition coefficient (Wildman–Crippen LogP) is 1.70. The van der Waals surface area contributed by atoms with Crippen LogP contribution < -0.4 is 15.4 Å². The van der Waals surface area contributed by atoms with Crippen LogP contribution in [0.5, 0.6) is 5.75 Å². The van der Waals surface area contributed by atoms with Crippen LogP contribution in [-0.4, -0.2) is 91.8 Å². The molecule has 4 rings (SSSR count). The molecule has 0 spiro atoms. The minimum absolute atomic E-state index is 0.0980. The number of para-hydroxylation sites is 1. The summed E-state index contributed by atoms with van der Waals surface area (Å²) in [5, 5.41) is 26.1. The summed E-state index contributed by atoms with van der Waals surface area (Å²) in [5.74, 6) is -0.552. The fourth-order valence-corrected chi connectivity index (χ4v) is 4.21. The highest BCUT2D eigenvalue weighted by atomic mass is 16.5. The van der Waals surface area contributed by atoms with Gasteiger partial charge in [0.2, 0.25) is 5.91 Å². The maximum atomic E-state index is 13.6. The van der Waals surface area contributed by atoms with E-state index in [1.54, 1.807) is 49.2 Å². The molecule has 3 N–H and O–H groups in total. The average molecular weight is 537 g/mol. The second-order valence-corrected chi connectivity index (χ2v) is 9.57. The van der Waals surface area contributed by atoms with Gasteiger partial charge in [-0.2, -0.15) is 0 Å². The molecule has 39 heavy (non-hydrogen) atoms. The zero-order valence-electron chi connectivity index (χ0n) is 22.0. The van der Waals surface area contributed by atoms with Crippen LogP contribution >= 0.6 is 0 Å². The molecule has 1 aromatic heterocycles. The van der Waals surface area contributed by atoms with Gasteiger partial charge in [-0.3, -0.25) is 9.59 Å². The van der Waals surface area contributed by atoms with Crippen molar-refractivity contribution in [3.63, 3.8) is 0 Å². The number of nitrogens with zero attached hydrogens (tertiary/aromatic N) is 6. The van der Waals surface area contributed by atoms with Crippen LogP contribution in [0.25, 0.3) is 0 Å². The zero-order valence-corrected chi connectivity index (χ0v) is 22.0. The molecule has 13 heteroatoms. The lowest BCUT2D eigenvalue weighted by Gasteiger charge is -2.38. The minimum atomic E-state index is -0.461. The quantitative estimate of drug-likeness (QED) is 0.393. The number of nitrogens with one attached hydrogen (secondary N) is 2. The number of rotatable bonds is 8. The monoisotopic (exact) mass is 536 g/mol. The highest BCUT2D eigenvalue weighted by Gasteiger charge is 2.34. The van der Waals surface area contributed by atoms with Crippen LogP contribution in [0.4, 0.5) is 16.2 Å². The van der Waals surface area contributed by atoms with Crippen molar-refractivity contribution in [2.24, 2.45) is 5.92 Å². The molecule has 0 bridgehead atoms. The molecule has 0 unspecified atom stereocenters. The number of hydrogen-bond donors (Lipinski definition) is 3. The van der Waals surface area contributed by atoms with Gasteiger partial charge >= 0.3 is 6.03 Å². The van der Waals surface area contributed by atoms with E-state index >= 15 is 0 Å². The Morgan fingerprint density at radius 3 is 2.64 bits per heavy atom. The number of amides is 4. The Balaban J connectivity index is 1.55. The molecule has 13 nitrogen and oxygen atoms in total. The fourth-order valence-electron chi connectivity index (χ4n) is 4.21. The summed E-state index contributed by atoms with van der Waals surface area (Å²) in [6.07, 6.45) is 0.862. The number of likely N-dealkylation sites (N-methyl/N-ethyl adjacent to an activating group) is 1. The number of urea groups is 1. The molecule has 3 atom stereocenters. The van der Waals surface area contributed by atoms with Gasteiger partial charge < -0.3 is 30.3 Å². The van der Waals surface area contributed by atoms with Gasteiger partial charge in [-0.05, 0) is 47.7 Å². The van der Waals surface area contributed by atoms with Crippen molar-refractivity contribution < 1.29 is 24.2 Å². The minimum Gasteiger partial charge on any atom is -0.487 e. The first-order chi connectivity index (χ1) is 18.7. The zero-order chi connectivity index (χ0) is 27.9. The molecule has 1 aliphatic heterocycles. The van der Waals surface area contributed by atoms with Crippen molar-refractivity contribution in [1.82, 2.24) is 30.0 Å². The van der Waals surface area contributed by atoms with Crippen molar-refractivity contribution in [3.8, 4) is 5.75 Å². The first-order valence-electron chi connectivity index (χ1n) is 12.6. The van der Waals surface area contributed by atoms with Crippen LogP contribution in [0.2, 0.25) is 0 Å². The van der Waals surface area contributed by atoms with Crippen LogP contribution in [0.1, 0.15) is 24.2 Å². The first kappa shape index (κ1) is 27.5. The lowest BCUT2D eigenvalue weighted by Crippen LogP contribution is -2.50. The molecule has 0 saturated heterocycles. The third kappa shape index (κ3) is 6.87. The maximum absolute atomic E-state index is 13.6. The lowest BCUT2D eigenvalue weighted by atomic mass is 9.99. The van der Waals surface area contributed by atoms with Crippen LogP contribution in [0.15, 0.2) is 54.9 Å². The number of aromatic nitrogens is 4. The second kappa shape index (κ2) is 12.3. The van der Waals surface area contributed by atoms with E-state index in [2.05, 4.69) is 26.2 Å². The molecule has 1 aliphatic rings. The van der Waals surface area contributed by atoms with E-state index < -0.39 is 12.1 Å². The number of hydrogen-bond acceptors (Lipinski definition) is 8. The number of aliphatic hydroxyl groups is 1. The van der Waals surface area contributed by atoms with E-state index in [4.69, 9.17) is 4.74 Å². The molecule has 0 aliphatic carbocycles. The number of aliphatic hydroxyl groups excluding tert-OH is 1. The Labute approximate surface area is 225 Å². The van der Waals surface area contributed by atoms with E-state index in [1.165, 1.54) is 15.9 Å². The number of carbonyl (C=O) groups is 3. The third-order valence-corrected chi connectivity index (χ3v) is 6.47. The number of benzene rings is 2. The highest BCUT2D eigenvalue weighted by Crippen LogP contribution is 2.30. The van der Waals surface area contributed by atoms with Gasteiger partial charge in [-0.15, -0.1) is 5.10 Å². The van der Waals surface area contributed by atoms with Crippen molar-refractivity contribution in [1.29, 1.82) is 0 Å². The topological polar surface area (TPSA) is 155 Å². The predicted molar refractivity (Wildman–Crippen MR) is 142 cm³/mol. The van der Waals surface area contributed by atoms with Gasteiger partial charge in [-0.1, -0.05) is 25.1 Å². The number of ether oxygens (including phenoxy) is 1. The van der Waals surface area contributed by atoms with Gasteiger partial charge in [0.25, 0.3) is 5.91 Å². The van der Waals surface area contributed by atoms with E-state index in [0.717, 1.165) is 0 Å². The number of carbonyl (C=O) groups excluding carboxylic acids is 3. The van der Waals surface area contributed by atoms with Gasteiger partial charge in [-0.25, -0.2) is 9.48 Å². The Morgan fingerprint density at radius 1 is 1.18 bits per heavy atom. The molecule has 2 aromatic carbocycles. The normalized spacial score (nSPS) is 17.7. The Kier molecular flexibility index (Phi) is 8.71. The number of tetrazole rings is 1. The summed E-state index contributed by atoms with van der Waals surface area (Å²) in [5.41, 5.74) is 1.31. The van der Waals surface area contributed by atoms with E-state index in [1.807, 2.05) is 25.1 Å². The molecular weight excluding hydrogens is 504 g/mol. The van der Waals surface area contributed by atoms with Crippen molar-refractivity contribution in [2.45, 2.75) is 32.5 Å². The summed E-state index contributed by atoms with van der Waals surface area (Å²) in [6, 6.07) is 13.2. The van der Waals surface area contributed by atoms with E-state index in [-0.39, 0.29) is 49.0 Å². The number of fused-ring (bicyclic) bond motifs is 1. The Morgan fingerprint density at radius 2 is 1.95 bits per heavy atom. The standard InChI is InChI=1S/C26H32N8O5/c1-17-12-34(18(2)15-35)25(37)21-11-20(28-24(36)14-33-16-27-30-31-33)9-10-22(21)39-23(17)13-32(3)26(38)29-19-7-5-4-6-8-19/h4-11,16-18,23,35H,12-15H2,1-3H3,(H,28,36)(H,29,38)/t17-,18+,23-/m1/s1. The summed E-state index contributed by atoms with van der Waals surface area (Å²) in [4.78, 5) is 42.0. The second-order valence-electron chi connectivity index (χ2n) is 9.57. The molecule has 206 valence electrons. The van der Waals surface area contributed by atoms with Crippen molar-refractivity contribution in [2.75, 3.05) is 37.4 Å². The van der Waals surface area contributed by atoms with Crippen LogP contribution in [0, 0.1) is 5.92 Å². The Hall–Kier alpha value is -4.52. The van der Waals surface area contributed by atoms with Crippen molar-refractivity contribution in [3.05, 3.63) is 60.4 Å². The fraction of sp³-hybridized carbons (Fsp3) is 0.385.